The van der Waals surface area contributed by atoms with Gasteiger partial charge in [0.2, 0.25) is 5.91 Å². The van der Waals surface area contributed by atoms with E-state index in [1.807, 2.05) is 13.0 Å². The van der Waals surface area contributed by atoms with Crippen LogP contribution in [0, 0.1) is 0 Å². The molecule has 116 valence electrons. The molecule has 0 spiro atoms. The van der Waals surface area contributed by atoms with Crippen LogP contribution < -0.4 is 20.7 Å². The molecule has 0 fully saturated rings. The van der Waals surface area contributed by atoms with Crippen LogP contribution in [0.5, 0.6) is 5.75 Å². The highest BCUT2D eigenvalue weighted by atomic mass is 32.2. The third-order valence-corrected chi connectivity index (χ3v) is 4.92. The molecule has 1 amide bonds. The fourth-order valence-electron chi connectivity index (χ4n) is 2.30. The maximum atomic E-state index is 10.8. The third kappa shape index (κ3) is 4.04. The van der Waals surface area contributed by atoms with Crippen molar-refractivity contribution in [3.63, 3.8) is 0 Å². The van der Waals surface area contributed by atoms with Gasteiger partial charge in [-0.2, -0.15) is 0 Å². The Morgan fingerprint density at radius 1 is 1.57 bits per heavy atom. The predicted molar refractivity (Wildman–Crippen MR) is 86.9 cm³/mol. The van der Waals surface area contributed by atoms with Gasteiger partial charge in [-0.15, -0.1) is 0 Å². The fourth-order valence-corrected chi connectivity index (χ4v) is 3.57. The summed E-state index contributed by atoms with van der Waals surface area (Å²) in [6.45, 7) is 4.78. The topological polar surface area (TPSA) is 67.6 Å². The summed E-state index contributed by atoms with van der Waals surface area (Å²) < 4.78 is 5.73. The molecule has 0 bridgehead atoms. The quantitative estimate of drug-likeness (QED) is 0.785. The SMILES string of the molecule is CC(=O)NCCCOc1ccc2c(c1)SC(C(C)N)N2C. The maximum absolute atomic E-state index is 10.8. The first-order valence-corrected chi connectivity index (χ1v) is 8.03. The lowest BCUT2D eigenvalue weighted by Gasteiger charge is -2.24. The Morgan fingerprint density at radius 3 is 3.00 bits per heavy atom. The second-order valence-electron chi connectivity index (χ2n) is 5.29. The molecular weight excluding hydrogens is 286 g/mol. The zero-order chi connectivity index (χ0) is 15.4. The fraction of sp³-hybridized carbons (Fsp3) is 0.533. The molecule has 2 rings (SSSR count). The van der Waals surface area contributed by atoms with Crippen molar-refractivity contribution in [2.24, 2.45) is 5.73 Å². The summed E-state index contributed by atoms with van der Waals surface area (Å²) in [4.78, 5) is 14.2. The molecule has 2 unspecified atom stereocenters. The summed E-state index contributed by atoms with van der Waals surface area (Å²) in [5, 5.41) is 3.03. The van der Waals surface area contributed by atoms with Crippen LogP contribution in [-0.4, -0.2) is 37.5 Å². The highest BCUT2D eigenvalue weighted by Gasteiger charge is 2.30. The maximum Gasteiger partial charge on any atom is 0.216 e. The van der Waals surface area contributed by atoms with Crippen molar-refractivity contribution in [2.45, 2.75) is 36.6 Å². The van der Waals surface area contributed by atoms with Gasteiger partial charge < -0.3 is 20.7 Å². The van der Waals surface area contributed by atoms with Crippen LogP contribution >= 0.6 is 11.8 Å². The number of likely N-dealkylation sites (N-methyl/N-ethyl adjacent to an activating group) is 1. The number of fused-ring (bicyclic) bond motifs is 1. The standard InChI is InChI=1S/C15H23N3O2S/c1-10(16)15-18(3)13-6-5-12(9-14(13)21-15)20-8-4-7-17-11(2)19/h5-6,9-10,15H,4,7-8,16H2,1-3H3,(H,17,19). The molecule has 0 saturated carbocycles. The lowest BCUT2D eigenvalue weighted by atomic mass is 10.2. The Balaban J connectivity index is 1.88. The first kappa shape index (κ1) is 16.0. The molecule has 3 N–H and O–H groups in total. The number of ether oxygens (including phenoxy) is 1. The third-order valence-electron chi connectivity index (χ3n) is 3.35. The van der Waals surface area contributed by atoms with Crippen molar-refractivity contribution in [3.8, 4) is 5.75 Å². The van der Waals surface area contributed by atoms with Gasteiger partial charge in [0, 0.05) is 31.5 Å². The molecule has 0 aromatic heterocycles. The van der Waals surface area contributed by atoms with Gasteiger partial charge >= 0.3 is 0 Å². The van der Waals surface area contributed by atoms with Crippen molar-refractivity contribution in [1.82, 2.24) is 5.32 Å². The first-order chi connectivity index (χ1) is 9.99. The normalized spacial score (nSPS) is 18.3. The van der Waals surface area contributed by atoms with Crippen LogP contribution in [0.4, 0.5) is 5.69 Å². The Bertz CT molecular complexity index is 508. The van der Waals surface area contributed by atoms with Crippen LogP contribution in [0.3, 0.4) is 0 Å². The second-order valence-corrected chi connectivity index (χ2v) is 6.45. The lowest BCUT2D eigenvalue weighted by molar-refractivity contribution is -0.118. The van der Waals surface area contributed by atoms with Crippen molar-refractivity contribution in [2.75, 3.05) is 25.1 Å². The Kier molecular flexibility index (Phi) is 5.36. The van der Waals surface area contributed by atoms with Crippen LogP contribution in [0.2, 0.25) is 0 Å². The lowest BCUT2D eigenvalue weighted by Crippen LogP contribution is -2.39. The number of anilines is 1. The summed E-state index contributed by atoms with van der Waals surface area (Å²) in [5.41, 5.74) is 7.22. The summed E-state index contributed by atoms with van der Waals surface area (Å²) >= 11 is 1.78. The Labute approximate surface area is 130 Å². The predicted octanol–water partition coefficient (Wildman–Crippen LogP) is 1.81. The van der Waals surface area contributed by atoms with E-state index >= 15 is 0 Å². The van der Waals surface area contributed by atoms with E-state index < -0.39 is 0 Å². The largest absolute Gasteiger partial charge is 0.493 e. The number of nitrogens with zero attached hydrogens (tertiary/aromatic N) is 1. The summed E-state index contributed by atoms with van der Waals surface area (Å²) in [5.74, 6) is 0.858. The zero-order valence-corrected chi connectivity index (χ0v) is 13.6. The molecule has 2 atom stereocenters. The van der Waals surface area contributed by atoms with E-state index in [2.05, 4.69) is 29.4 Å². The van der Waals surface area contributed by atoms with E-state index in [9.17, 15) is 4.79 Å². The van der Waals surface area contributed by atoms with Crippen molar-refractivity contribution >= 4 is 23.4 Å². The van der Waals surface area contributed by atoms with Gasteiger partial charge in [0.25, 0.3) is 0 Å². The molecule has 21 heavy (non-hydrogen) atoms. The number of nitrogens with two attached hydrogens (primary N) is 1. The van der Waals surface area contributed by atoms with Gasteiger partial charge in [-0.25, -0.2) is 0 Å². The van der Waals surface area contributed by atoms with E-state index in [0.29, 0.717) is 13.2 Å². The smallest absolute Gasteiger partial charge is 0.216 e. The van der Waals surface area contributed by atoms with E-state index in [4.69, 9.17) is 10.5 Å². The van der Waals surface area contributed by atoms with Crippen LogP contribution in [-0.2, 0) is 4.79 Å². The number of rotatable bonds is 6. The van der Waals surface area contributed by atoms with E-state index in [1.54, 1.807) is 11.8 Å². The molecule has 1 aromatic carbocycles. The molecule has 1 heterocycles. The molecule has 0 aliphatic carbocycles. The van der Waals surface area contributed by atoms with Gasteiger partial charge in [-0.3, -0.25) is 4.79 Å². The molecule has 0 radical (unpaired) electrons. The molecule has 6 heteroatoms. The number of nitrogens with one attached hydrogen (secondary N) is 1. The van der Waals surface area contributed by atoms with E-state index in [1.165, 1.54) is 17.5 Å². The number of carbonyl (C=O) groups excluding carboxylic acids is 1. The summed E-state index contributed by atoms with van der Waals surface area (Å²) in [7, 11) is 2.07. The molecule has 1 aromatic rings. The summed E-state index contributed by atoms with van der Waals surface area (Å²) in [6, 6.07) is 6.23. The van der Waals surface area contributed by atoms with Crippen molar-refractivity contribution in [1.29, 1.82) is 0 Å². The summed E-state index contributed by atoms with van der Waals surface area (Å²) in [6.07, 6.45) is 0.798. The highest BCUT2D eigenvalue weighted by molar-refractivity contribution is 8.00. The number of hydrogen-bond acceptors (Lipinski definition) is 5. The molecule has 1 aliphatic heterocycles. The van der Waals surface area contributed by atoms with Gasteiger partial charge in [0.15, 0.2) is 0 Å². The highest BCUT2D eigenvalue weighted by Crippen LogP contribution is 2.44. The zero-order valence-electron chi connectivity index (χ0n) is 12.8. The van der Waals surface area contributed by atoms with Gasteiger partial charge in [-0.05, 0) is 31.5 Å². The number of amides is 1. The van der Waals surface area contributed by atoms with Gasteiger partial charge in [-0.1, -0.05) is 11.8 Å². The number of hydrogen-bond donors (Lipinski definition) is 2. The van der Waals surface area contributed by atoms with Gasteiger partial charge in [0.05, 0.1) is 17.7 Å². The van der Waals surface area contributed by atoms with Crippen LogP contribution in [0.25, 0.3) is 0 Å². The van der Waals surface area contributed by atoms with Crippen molar-refractivity contribution < 1.29 is 9.53 Å². The minimum atomic E-state index is -0.00564. The molecule has 5 nitrogen and oxygen atoms in total. The van der Waals surface area contributed by atoms with E-state index in [0.717, 1.165) is 12.2 Å². The average molecular weight is 309 g/mol. The second kappa shape index (κ2) is 7.04. The Hall–Kier alpha value is -1.40. The monoisotopic (exact) mass is 309 g/mol. The minimum absolute atomic E-state index is 0.00564. The van der Waals surface area contributed by atoms with E-state index in [-0.39, 0.29) is 17.3 Å². The molecular formula is C15H23N3O2S. The number of benzene rings is 1. The minimum Gasteiger partial charge on any atom is -0.493 e. The average Bonchev–Trinajstić information content (AvgIpc) is 2.75. The van der Waals surface area contributed by atoms with Crippen molar-refractivity contribution in [3.05, 3.63) is 18.2 Å². The first-order valence-electron chi connectivity index (χ1n) is 7.15. The number of carbonyl (C=O) groups is 1. The van der Waals surface area contributed by atoms with Crippen LogP contribution in [0.15, 0.2) is 23.1 Å². The molecule has 1 aliphatic rings. The number of thioether (sulfide) groups is 1. The molecule has 0 saturated heterocycles. The van der Waals surface area contributed by atoms with Crippen LogP contribution in [0.1, 0.15) is 20.3 Å². The Morgan fingerprint density at radius 2 is 2.33 bits per heavy atom. The van der Waals surface area contributed by atoms with Gasteiger partial charge in [0.1, 0.15) is 5.75 Å².